The summed E-state index contributed by atoms with van der Waals surface area (Å²) in [5, 5.41) is 13.5. The number of halogens is 1. The zero-order chi connectivity index (χ0) is 22.9. The lowest BCUT2D eigenvalue weighted by Gasteiger charge is -2.25. The van der Waals surface area contributed by atoms with Crippen molar-refractivity contribution in [2.75, 3.05) is 22.1 Å². The molecule has 3 aromatic rings. The highest BCUT2D eigenvalue weighted by atomic mass is 19.1. The monoisotopic (exact) mass is 450 g/mol. The molecule has 4 heterocycles. The molecule has 1 aliphatic heterocycles. The average Bonchev–Trinajstić information content (AvgIpc) is 3.55. The number of hydrogen-bond donors (Lipinski definition) is 3. The second-order valence-corrected chi connectivity index (χ2v) is 8.82. The van der Waals surface area contributed by atoms with Gasteiger partial charge in [-0.05, 0) is 50.2 Å². The molecular weight excluding hydrogens is 423 g/mol. The number of hydrogen-bond acceptors (Lipinski definition) is 7. The van der Waals surface area contributed by atoms with Crippen LogP contribution in [0.4, 0.5) is 27.7 Å². The number of fused-ring (bicyclic) bond motifs is 1. The number of nitrogens with one attached hydrogen (secondary N) is 3. The van der Waals surface area contributed by atoms with Gasteiger partial charge in [0.2, 0.25) is 17.8 Å². The summed E-state index contributed by atoms with van der Waals surface area (Å²) in [6, 6.07) is 4.60. The van der Waals surface area contributed by atoms with Crippen LogP contribution in [0.25, 0.3) is 0 Å². The van der Waals surface area contributed by atoms with Crippen LogP contribution in [0.3, 0.4) is 0 Å². The molecule has 0 radical (unpaired) electrons. The van der Waals surface area contributed by atoms with Crippen LogP contribution in [0.5, 0.6) is 0 Å². The van der Waals surface area contributed by atoms with Crippen LogP contribution in [-0.4, -0.2) is 43.6 Å². The number of amides is 1. The highest BCUT2D eigenvalue weighted by Crippen LogP contribution is 2.33. The van der Waals surface area contributed by atoms with Gasteiger partial charge < -0.3 is 15.5 Å². The number of nitrogens with zero attached hydrogens (tertiary/aromatic N) is 5. The number of pyridine rings is 1. The van der Waals surface area contributed by atoms with Crippen LogP contribution in [0, 0.1) is 5.95 Å². The first-order valence-corrected chi connectivity index (χ1v) is 11.4. The number of aromatic amines is 1. The molecule has 33 heavy (non-hydrogen) atoms. The fourth-order valence-corrected chi connectivity index (χ4v) is 4.44. The van der Waals surface area contributed by atoms with E-state index in [4.69, 9.17) is 9.97 Å². The second-order valence-electron chi connectivity index (χ2n) is 8.82. The summed E-state index contributed by atoms with van der Waals surface area (Å²) in [6.07, 6.45) is 5.63. The lowest BCUT2D eigenvalue weighted by Crippen LogP contribution is -2.41. The summed E-state index contributed by atoms with van der Waals surface area (Å²) in [6.45, 7) is 4.87. The number of H-pyrrole nitrogens is 1. The lowest BCUT2D eigenvalue weighted by molar-refractivity contribution is -0.117. The Morgan fingerprint density at radius 3 is 2.94 bits per heavy atom. The summed E-state index contributed by atoms with van der Waals surface area (Å²) in [7, 11) is 0. The number of aromatic nitrogens is 5. The summed E-state index contributed by atoms with van der Waals surface area (Å²) >= 11 is 0. The quantitative estimate of drug-likeness (QED) is 0.491. The molecule has 2 aliphatic rings. The molecule has 9 nitrogen and oxygen atoms in total. The molecule has 1 fully saturated rings. The standard InChI is InChI=1S/C23H27FN8O/c1-13(2)17-12-19(31-30-17)28-21-14-6-3-7-15(14)27-23(29-21)32-11-5-9-18(32)22(33)26-16-8-4-10-25-20(16)24/h4,8,10,12-13,18H,3,5-7,9,11H2,1-2H3,(H,26,33)(H2,27,28,29,30,31). The minimum absolute atomic E-state index is 0.0751. The molecule has 172 valence electrons. The molecule has 1 amide bonds. The van der Waals surface area contributed by atoms with Crippen molar-refractivity contribution in [1.82, 2.24) is 25.1 Å². The summed E-state index contributed by atoms with van der Waals surface area (Å²) in [5.41, 5.74) is 3.23. The van der Waals surface area contributed by atoms with E-state index in [0.717, 1.165) is 48.5 Å². The Hall–Kier alpha value is -3.56. The lowest BCUT2D eigenvalue weighted by atomic mass is 10.1. The average molecular weight is 451 g/mol. The Labute approximate surface area is 191 Å². The van der Waals surface area contributed by atoms with E-state index in [-0.39, 0.29) is 11.6 Å². The molecule has 1 saturated heterocycles. The van der Waals surface area contributed by atoms with Crippen LogP contribution in [0.15, 0.2) is 24.4 Å². The maximum absolute atomic E-state index is 13.9. The van der Waals surface area contributed by atoms with E-state index in [1.807, 2.05) is 11.0 Å². The largest absolute Gasteiger partial charge is 0.329 e. The summed E-state index contributed by atoms with van der Waals surface area (Å²) in [5.74, 6) is 1.32. The van der Waals surface area contributed by atoms with Crippen molar-refractivity contribution in [3.63, 3.8) is 0 Å². The molecule has 0 saturated carbocycles. The van der Waals surface area contributed by atoms with E-state index < -0.39 is 12.0 Å². The molecule has 1 unspecified atom stereocenters. The predicted molar refractivity (Wildman–Crippen MR) is 123 cm³/mol. The number of anilines is 4. The Morgan fingerprint density at radius 1 is 1.27 bits per heavy atom. The molecule has 0 spiro atoms. The van der Waals surface area contributed by atoms with Crippen LogP contribution in [-0.2, 0) is 17.6 Å². The molecule has 0 aromatic carbocycles. The number of carbonyl (C=O) groups is 1. The van der Waals surface area contributed by atoms with E-state index in [2.05, 4.69) is 39.7 Å². The van der Waals surface area contributed by atoms with Gasteiger partial charge in [-0.25, -0.2) is 9.97 Å². The fraction of sp³-hybridized carbons (Fsp3) is 0.435. The topological polar surface area (TPSA) is 112 Å². The third-order valence-corrected chi connectivity index (χ3v) is 6.22. The Balaban J connectivity index is 1.41. The van der Waals surface area contributed by atoms with Crippen molar-refractivity contribution in [3.05, 3.63) is 47.3 Å². The predicted octanol–water partition coefficient (Wildman–Crippen LogP) is 3.70. The van der Waals surface area contributed by atoms with E-state index in [1.165, 1.54) is 12.3 Å². The van der Waals surface area contributed by atoms with Gasteiger partial charge in [-0.2, -0.15) is 14.5 Å². The van der Waals surface area contributed by atoms with Crippen LogP contribution in [0.1, 0.15) is 56.0 Å². The number of rotatable bonds is 6. The summed E-state index contributed by atoms with van der Waals surface area (Å²) in [4.78, 5) is 28.1. The molecule has 3 aromatic heterocycles. The molecule has 10 heteroatoms. The number of carbonyl (C=O) groups excluding carboxylic acids is 1. The van der Waals surface area contributed by atoms with Gasteiger partial charge in [0.15, 0.2) is 5.82 Å². The van der Waals surface area contributed by atoms with Gasteiger partial charge >= 0.3 is 0 Å². The summed E-state index contributed by atoms with van der Waals surface area (Å²) < 4.78 is 13.9. The first-order valence-electron chi connectivity index (χ1n) is 11.4. The van der Waals surface area contributed by atoms with Crippen molar-refractivity contribution in [2.24, 2.45) is 0 Å². The zero-order valence-electron chi connectivity index (χ0n) is 18.7. The maximum atomic E-state index is 13.9. The van der Waals surface area contributed by atoms with Gasteiger partial charge in [-0.1, -0.05) is 13.8 Å². The van der Waals surface area contributed by atoms with Crippen molar-refractivity contribution in [2.45, 2.75) is 57.9 Å². The van der Waals surface area contributed by atoms with E-state index in [0.29, 0.717) is 30.6 Å². The van der Waals surface area contributed by atoms with Crippen molar-refractivity contribution < 1.29 is 9.18 Å². The van der Waals surface area contributed by atoms with Gasteiger partial charge in [-0.3, -0.25) is 9.89 Å². The third kappa shape index (κ3) is 4.24. The van der Waals surface area contributed by atoms with Gasteiger partial charge in [0.05, 0.1) is 11.4 Å². The third-order valence-electron chi connectivity index (χ3n) is 6.22. The van der Waals surface area contributed by atoms with Crippen LogP contribution >= 0.6 is 0 Å². The Morgan fingerprint density at radius 2 is 2.15 bits per heavy atom. The van der Waals surface area contributed by atoms with Crippen molar-refractivity contribution in [1.29, 1.82) is 0 Å². The molecule has 1 aliphatic carbocycles. The fourth-order valence-electron chi connectivity index (χ4n) is 4.44. The molecule has 3 N–H and O–H groups in total. The molecular formula is C23H27FN8O. The first-order chi connectivity index (χ1) is 16.0. The van der Waals surface area contributed by atoms with Gasteiger partial charge in [0.1, 0.15) is 11.9 Å². The zero-order valence-corrected chi connectivity index (χ0v) is 18.7. The Kier molecular flexibility index (Phi) is 5.65. The second kappa shape index (κ2) is 8.76. The SMILES string of the molecule is CC(C)c1cc(Nc2nc(N3CCCC3C(=O)Nc3cccnc3F)nc3c2CCC3)n[nH]1. The van der Waals surface area contributed by atoms with Crippen molar-refractivity contribution in [3.8, 4) is 0 Å². The van der Waals surface area contributed by atoms with Crippen molar-refractivity contribution >= 4 is 29.2 Å². The maximum Gasteiger partial charge on any atom is 0.247 e. The van der Waals surface area contributed by atoms with E-state index >= 15 is 0 Å². The van der Waals surface area contributed by atoms with Crippen LogP contribution in [0.2, 0.25) is 0 Å². The van der Waals surface area contributed by atoms with E-state index in [1.54, 1.807) is 6.07 Å². The molecule has 1 atom stereocenters. The highest BCUT2D eigenvalue weighted by molar-refractivity contribution is 5.97. The highest BCUT2D eigenvalue weighted by Gasteiger charge is 2.34. The van der Waals surface area contributed by atoms with Gasteiger partial charge in [0.25, 0.3) is 0 Å². The first kappa shape index (κ1) is 21.3. The minimum Gasteiger partial charge on any atom is -0.329 e. The molecule has 0 bridgehead atoms. The minimum atomic E-state index is -0.699. The molecule has 5 rings (SSSR count). The smallest absolute Gasteiger partial charge is 0.247 e. The van der Waals surface area contributed by atoms with Gasteiger partial charge in [-0.15, -0.1) is 0 Å². The normalized spacial score (nSPS) is 17.5. The van der Waals surface area contributed by atoms with E-state index in [9.17, 15) is 9.18 Å². The Bertz CT molecular complexity index is 1180. The van der Waals surface area contributed by atoms with Gasteiger partial charge in [0, 0.05) is 30.1 Å². The number of aryl methyl sites for hydroxylation is 1. The van der Waals surface area contributed by atoms with Crippen LogP contribution < -0.4 is 15.5 Å².